The Morgan fingerprint density at radius 2 is 1.62 bits per heavy atom. The van der Waals surface area contributed by atoms with E-state index in [4.69, 9.17) is 4.74 Å². The molecule has 0 N–H and O–H groups in total. The molecule has 0 atom stereocenters. The first-order valence-corrected chi connectivity index (χ1v) is 8.62. The number of allylic oxidation sites excluding steroid dienone is 1. The first-order chi connectivity index (χ1) is 12.5. The van der Waals surface area contributed by atoms with Gasteiger partial charge in [0.2, 0.25) is 0 Å². The molecule has 0 aliphatic carbocycles. The molecule has 132 valence electrons. The van der Waals surface area contributed by atoms with Crippen LogP contribution >= 0.6 is 0 Å². The van der Waals surface area contributed by atoms with Crippen LogP contribution in [0.5, 0.6) is 5.75 Å². The van der Waals surface area contributed by atoms with E-state index >= 15 is 0 Å². The Morgan fingerprint density at radius 3 is 2.23 bits per heavy atom. The van der Waals surface area contributed by atoms with Gasteiger partial charge in [-0.15, -0.1) is 0 Å². The van der Waals surface area contributed by atoms with Gasteiger partial charge in [-0.25, -0.2) is 0 Å². The van der Waals surface area contributed by atoms with E-state index in [1.807, 2.05) is 61.5 Å². The van der Waals surface area contributed by atoms with Crippen LogP contribution in [0.1, 0.15) is 32.9 Å². The Kier molecular flexibility index (Phi) is 5.08. The molecule has 0 aliphatic heterocycles. The lowest BCUT2D eigenvalue weighted by atomic mass is 10.1. The minimum Gasteiger partial charge on any atom is -0.497 e. The van der Waals surface area contributed by atoms with Gasteiger partial charge in [-0.2, -0.15) is 0 Å². The maximum absolute atomic E-state index is 12.4. The summed E-state index contributed by atoms with van der Waals surface area (Å²) in [6, 6.07) is 17.7. The highest BCUT2D eigenvalue weighted by Crippen LogP contribution is 2.23. The van der Waals surface area contributed by atoms with E-state index < -0.39 is 0 Å². The van der Waals surface area contributed by atoms with E-state index in [9.17, 15) is 4.79 Å². The van der Waals surface area contributed by atoms with Crippen LogP contribution in [-0.4, -0.2) is 17.5 Å². The summed E-state index contributed by atoms with van der Waals surface area (Å²) in [5.41, 5.74) is 6.18. The van der Waals surface area contributed by atoms with Crippen molar-refractivity contribution in [3.63, 3.8) is 0 Å². The van der Waals surface area contributed by atoms with E-state index in [2.05, 4.69) is 24.5 Å². The van der Waals surface area contributed by atoms with Gasteiger partial charge < -0.3 is 9.30 Å². The van der Waals surface area contributed by atoms with Gasteiger partial charge in [0.15, 0.2) is 5.78 Å². The molecule has 3 rings (SSSR count). The Hall–Kier alpha value is -3.07. The lowest BCUT2D eigenvalue weighted by Gasteiger charge is -2.10. The van der Waals surface area contributed by atoms with Gasteiger partial charge in [0.05, 0.1) is 7.11 Å². The number of aryl methyl sites for hydroxylation is 2. The molecule has 0 fully saturated rings. The van der Waals surface area contributed by atoms with Gasteiger partial charge in [0, 0.05) is 22.6 Å². The highest BCUT2D eigenvalue weighted by atomic mass is 16.5. The molecule has 0 amide bonds. The number of carbonyl (C=O) groups is 1. The van der Waals surface area contributed by atoms with Crippen LogP contribution in [0.15, 0.2) is 60.7 Å². The van der Waals surface area contributed by atoms with Crippen molar-refractivity contribution in [3.8, 4) is 11.4 Å². The number of hydrogen-bond donors (Lipinski definition) is 0. The first-order valence-electron chi connectivity index (χ1n) is 8.62. The fraction of sp³-hybridized carbons (Fsp3) is 0.174. The largest absolute Gasteiger partial charge is 0.497 e. The minimum absolute atomic E-state index is 0.0132. The van der Waals surface area contributed by atoms with Crippen molar-refractivity contribution in [3.05, 3.63) is 88.8 Å². The molecule has 0 bridgehead atoms. The number of hydrogen-bond acceptors (Lipinski definition) is 2. The van der Waals surface area contributed by atoms with Crippen molar-refractivity contribution in [2.24, 2.45) is 0 Å². The molecule has 0 spiro atoms. The van der Waals surface area contributed by atoms with E-state index in [1.54, 1.807) is 13.2 Å². The molecule has 3 aromatic rings. The number of ether oxygens (including phenoxy) is 1. The zero-order valence-corrected chi connectivity index (χ0v) is 15.6. The summed E-state index contributed by atoms with van der Waals surface area (Å²) in [4.78, 5) is 12.4. The maximum Gasteiger partial charge on any atom is 0.185 e. The Morgan fingerprint density at radius 1 is 0.962 bits per heavy atom. The Labute approximate surface area is 154 Å². The highest BCUT2D eigenvalue weighted by molar-refractivity contribution is 6.06. The van der Waals surface area contributed by atoms with Gasteiger partial charge in [-0.3, -0.25) is 4.79 Å². The average molecular weight is 345 g/mol. The van der Waals surface area contributed by atoms with Gasteiger partial charge in [-0.05, 0) is 68.8 Å². The molecule has 0 unspecified atom stereocenters. The molecule has 1 aromatic heterocycles. The van der Waals surface area contributed by atoms with E-state index in [0.717, 1.165) is 34.0 Å². The van der Waals surface area contributed by atoms with Gasteiger partial charge in [0.1, 0.15) is 5.75 Å². The number of nitrogens with zero attached hydrogens (tertiary/aromatic N) is 1. The summed E-state index contributed by atoms with van der Waals surface area (Å²) in [7, 11) is 1.66. The van der Waals surface area contributed by atoms with Crippen LogP contribution in [0.25, 0.3) is 11.8 Å². The van der Waals surface area contributed by atoms with Gasteiger partial charge in [-0.1, -0.05) is 29.8 Å². The number of aromatic nitrogens is 1. The molecular weight excluding hydrogens is 322 g/mol. The molecule has 3 heteroatoms. The molecule has 0 radical (unpaired) electrons. The summed E-state index contributed by atoms with van der Waals surface area (Å²) in [5, 5.41) is 0. The quantitative estimate of drug-likeness (QED) is 0.464. The second kappa shape index (κ2) is 7.44. The SMILES string of the molecule is COc1ccc(-n2c(C)cc(/C=C/C(=O)c3ccc(C)cc3)c2C)cc1. The predicted octanol–water partition coefficient (Wildman–Crippen LogP) is 5.31. The van der Waals surface area contributed by atoms with Crippen LogP contribution in [-0.2, 0) is 0 Å². The fourth-order valence-electron chi connectivity index (χ4n) is 3.06. The number of rotatable bonds is 5. The van der Waals surface area contributed by atoms with Crippen LogP contribution in [0.4, 0.5) is 0 Å². The van der Waals surface area contributed by atoms with Crippen LogP contribution in [0.2, 0.25) is 0 Å². The third-order valence-corrected chi connectivity index (χ3v) is 4.55. The smallest absolute Gasteiger partial charge is 0.185 e. The highest BCUT2D eigenvalue weighted by Gasteiger charge is 2.10. The number of methoxy groups -OCH3 is 1. The summed E-state index contributed by atoms with van der Waals surface area (Å²) < 4.78 is 7.40. The first kappa shape index (κ1) is 17.7. The lowest BCUT2D eigenvalue weighted by molar-refractivity contribution is 0.104. The molecule has 0 aliphatic rings. The fourth-order valence-corrected chi connectivity index (χ4v) is 3.06. The normalized spacial score (nSPS) is 11.1. The van der Waals surface area contributed by atoms with Gasteiger partial charge >= 0.3 is 0 Å². The Balaban J connectivity index is 1.87. The third kappa shape index (κ3) is 3.62. The van der Waals surface area contributed by atoms with E-state index in [-0.39, 0.29) is 5.78 Å². The van der Waals surface area contributed by atoms with Crippen molar-refractivity contribution in [2.75, 3.05) is 7.11 Å². The van der Waals surface area contributed by atoms with E-state index in [0.29, 0.717) is 5.56 Å². The number of ketones is 1. The second-order valence-electron chi connectivity index (χ2n) is 6.42. The van der Waals surface area contributed by atoms with Gasteiger partial charge in [0.25, 0.3) is 0 Å². The summed E-state index contributed by atoms with van der Waals surface area (Å²) in [5.74, 6) is 0.847. The molecule has 1 heterocycles. The molecular formula is C23H23NO2. The standard InChI is InChI=1S/C23H23NO2/c1-16-5-7-19(8-6-16)23(25)14-9-20-15-17(2)24(18(20)3)21-10-12-22(26-4)13-11-21/h5-15H,1-4H3/b14-9+. The molecule has 0 saturated carbocycles. The number of carbonyl (C=O) groups excluding carboxylic acids is 1. The summed E-state index contributed by atoms with van der Waals surface area (Å²) >= 11 is 0. The second-order valence-corrected chi connectivity index (χ2v) is 6.42. The zero-order valence-electron chi connectivity index (χ0n) is 15.6. The topological polar surface area (TPSA) is 31.2 Å². The molecule has 26 heavy (non-hydrogen) atoms. The van der Waals surface area contributed by atoms with Crippen molar-refractivity contribution >= 4 is 11.9 Å². The predicted molar refractivity (Wildman–Crippen MR) is 106 cm³/mol. The molecule has 2 aromatic carbocycles. The number of benzene rings is 2. The summed E-state index contributed by atoms with van der Waals surface area (Å²) in [6.45, 7) is 6.14. The van der Waals surface area contributed by atoms with Crippen molar-refractivity contribution < 1.29 is 9.53 Å². The minimum atomic E-state index is 0.0132. The monoisotopic (exact) mass is 345 g/mol. The van der Waals surface area contributed by atoms with Crippen molar-refractivity contribution in [1.29, 1.82) is 0 Å². The maximum atomic E-state index is 12.4. The Bertz CT molecular complexity index is 945. The van der Waals surface area contributed by atoms with Crippen molar-refractivity contribution in [1.82, 2.24) is 4.57 Å². The molecule has 3 nitrogen and oxygen atoms in total. The lowest BCUT2D eigenvalue weighted by Crippen LogP contribution is -1.99. The van der Waals surface area contributed by atoms with Crippen LogP contribution in [0.3, 0.4) is 0 Å². The van der Waals surface area contributed by atoms with E-state index in [1.165, 1.54) is 0 Å². The average Bonchev–Trinajstić information content (AvgIpc) is 2.94. The third-order valence-electron chi connectivity index (χ3n) is 4.55. The zero-order chi connectivity index (χ0) is 18.7. The molecule has 0 saturated heterocycles. The van der Waals surface area contributed by atoms with Crippen LogP contribution in [0, 0.1) is 20.8 Å². The van der Waals surface area contributed by atoms with Crippen molar-refractivity contribution in [2.45, 2.75) is 20.8 Å². The summed E-state index contributed by atoms with van der Waals surface area (Å²) in [6.07, 6.45) is 3.54. The van der Waals surface area contributed by atoms with Crippen LogP contribution < -0.4 is 4.74 Å².